The maximum absolute atomic E-state index is 12.0. The predicted octanol–water partition coefficient (Wildman–Crippen LogP) is 3.11. The van der Waals surface area contributed by atoms with Crippen molar-refractivity contribution in [3.8, 4) is 0 Å². The molecule has 0 saturated carbocycles. The van der Waals surface area contributed by atoms with Crippen molar-refractivity contribution in [1.29, 1.82) is 0 Å². The molecule has 0 aliphatic carbocycles. The number of carbonyl (C=O) groups excluding carboxylic acids is 2. The molecule has 0 spiro atoms. The van der Waals surface area contributed by atoms with Crippen molar-refractivity contribution in [2.45, 2.75) is 0 Å². The SMILES string of the molecule is CN(C)c1ccc(C(=O)OCC(=O)Nc2ccc(Cl)cc2)cc1[N+](=O)[O-]. The summed E-state index contributed by atoms with van der Waals surface area (Å²) in [5.41, 5.74) is 0.616. The van der Waals surface area contributed by atoms with Crippen molar-refractivity contribution in [2.24, 2.45) is 0 Å². The van der Waals surface area contributed by atoms with Crippen LogP contribution in [0.1, 0.15) is 10.4 Å². The first-order chi connectivity index (χ1) is 12.3. The van der Waals surface area contributed by atoms with Gasteiger partial charge >= 0.3 is 5.97 Å². The van der Waals surface area contributed by atoms with Crippen LogP contribution in [0.2, 0.25) is 5.02 Å². The van der Waals surface area contributed by atoms with E-state index in [-0.39, 0.29) is 11.3 Å². The lowest BCUT2D eigenvalue weighted by molar-refractivity contribution is -0.384. The van der Waals surface area contributed by atoms with Crippen LogP contribution in [0.5, 0.6) is 0 Å². The van der Waals surface area contributed by atoms with Crippen LogP contribution in [0.15, 0.2) is 42.5 Å². The molecule has 1 amide bonds. The molecule has 26 heavy (non-hydrogen) atoms. The Morgan fingerprint density at radius 3 is 2.42 bits per heavy atom. The third-order valence-electron chi connectivity index (χ3n) is 3.35. The summed E-state index contributed by atoms with van der Waals surface area (Å²) < 4.78 is 4.91. The number of rotatable bonds is 6. The molecule has 0 aliphatic rings. The van der Waals surface area contributed by atoms with Gasteiger partial charge in [0.1, 0.15) is 5.69 Å². The quantitative estimate of drug-likeness (QED) is 0.471. The number of hydrogen-bond acceptors (Lipinski definition) is 6. The zero-order chi connectivity index (χ0) is 19.3. The molecular formula is C17H16ClN3O5. The van der Waals surface area contributed by atoms with Crippen LogP contribution in [0.3, 0.4) is 0 Å². The van der Waals surface area contributed by atoms with Gasteiger partial charge in [0.05, 0.1) is 10.5 Å². The Balaban J connectivity index is 2.01. The zero-order valence-corrected chi connectivity index (χ0v) is 14.8. The Bertz CT molecular complexity index is 837. The number of carbonyl (C=O) groups is 2. The first-order valence-corrected chi connectivity index (χ1v) is 7.84. The van der Waals surface area contributed by atoms with Crippen LogP contribution >= 0.6 is 11.6 Å². The van der Waals surface area contributed by atoms with Gasteiger partial charge in [-0.2, -0.15) is 0 Å². The number of nitro groups is 1. The van der Waals surface area contributed by atoms with E-state index in [0.717, 1.165) is 6.07 Å². The summed E-state index contributed by atoms with van der Waals surface area (Å²) in [5, 5.41) is 14.2. The smallest absolute Gasteiger partial charge is 0.338 e. The van der Waals surface area contributed by atoms with Crippen LogP contribution in [-0.4, -0.2) is 37.5 Å². The lowest BCUT2D eigenvalue weighted by Crippen LogP contribution is -2.21. The van der Waals surface area contributed by atoms with Crippen molar-refractivity contribution < 1.29 is 19.2 Å². The standard InChI is InChI=1S/C17H16ClN3O5/c1-20(2)14-8-3-11(9-15(14)21(24)25)17(23)26-10-16(22)19-13-6-4-12(18)5-7-13/h3-9H,10H2,1-2H3,(H,19,22). The van der Waals surface area contributed by atoms with Crippen LogP contribution in [-0.2, 0) is 9.53 Å². The van der Waals surface area contributed by atoms with Crippen LogP contribution in [0, 0.1) is 10.1 Å². The minimum Gasteiger partial charge on any atom is -0.452 e. The molecule has 0 unspecified atom stereocenters. The Kier molecular flexibility index (Phi) is 6.13. The van der Waals surface area contributed by atoms with E-state index in [0.29, 0.717) is 16.4 Å². The van der Waals surface area contributed by atoms with Crippen LogP contribution < -0.4 is 10.2 Å². The van der Waals surface area contributed by atoms with Gasteiger partial charge in [0.25, 0.3) is 11.6 Å². The van der Waals surface area contributed by atoms with Crippen molar-refractivity contribution >= 4 is 40.5 Å². The second kappa shape index (κ2) is 8.30. The number of halogens is 1. The third-order valence-corrected chi connectivity index (χ3v) is 3.60. The number of anilines is 2. The molecule has 0 saturated heterocycles. The minimum atomic E-state index is -0.829. The molecule has 0 heterocycles. The average molecular weight is 378 g/mol. The largest absolute Gasteiger partial charge is 0.452 e. The van der Waals surface area contributed by atoms with Gasteiger partial charge in [-0.05, 0) is 36.4 Å². The second-order valence-electron chi connectivity index (χ2n) is 5.49. The summed E-state index contributed by atoms with van der Waals surface area (Å²) in [6.45, 7) is -0.523. The third kappa shape index (κ3) is 4.93. The Labute approximate surface area is 154 Å². The van der Waals surface area contributed by atoms with E-state index >= 15 is 0 Å². The average Bonchev–Trinajstić information content (AvgIpc) is 2.61. The number of nitrogens with zero attached hydrogens (tertiary/aromatic N) is 2. The maximum Gasteiger partial charge on any atom is 0.338 e. The molecule has 0 radical (unpaired) electrons. The molecule has 2 rings (SSSR count). The second-order valence-corrected chi connectivity index (χ2v) is 5.92. The van der Waals surface area contributed by atoms with Crippen LogP contribution in [0.25, 0.3) is 0 Å². The topological polar surface area (TPSA) is 102 Å². The number of benzene rings is 2. The van der Waals surface area contributed by atoms with Gasteiger partial charge in [0, 0.05) is 30.9 Å². The summed E-state index contributed by atoms with van der Waals surface area (Å²) in [6.07, 6.45) is 0. The number of esters is 1. The van der Waals surface area contributed by atoms with Crippen molar-refractivity contribution in [3.63, 3.8) is 0 Å². The van der Waals surface area contributed by atoms with E-state index < -0.39 is 23.4 Å². The highest BCUT2D eigenvalue weighted by molar-refractivity contribution is 6.30. The molecule has 2 aromatic rings. The van der Waals surface area contributed by atoms with E-state index in [9.17, 15) is 19.7 Å². The first-order valence-electron chi connectivity index (χ1n) is 7.46. The molecule has 1 N–H and O–H groups in total. The summed E-state index contributed by atoms with van der Waals surface area (Å²) in [4.78, 5) is 36.0. The molecule has 2 aromatic carbocycles. The maximum atomic E-state index is 12.0. The molecule has 0 aromatic heterocycles. The summed E-state index contributed by atoms with van der Waals surface area (Å²) >= 11 is 5.75. The van der Waals surface area contributed by atoms with Gasteiger partial charge in [0.15, 0.2) is 6.61 Å². The monoisotopic (exact) mass is 377 g/mol. The molecule has 9 heteroatoms. The first kappa shape index (κ1) is 19.2. The Morgan fingerprint density at radius 2 is 1.85 bits per heavy atom. The fraction of sp³-hybridized carbons (Fsp3) is 0.176. The predicted molar refractivity (Wildman–Crippen MR) is 97.8 cm³/mol. The van der Waals surface area contributed by atoms with Gasteiger partial charge in [-0.1, -0.05) is 11.6 Å². The number of hydrogen-bond donors (Lipinski definition) is 1. The molecular weight excluding hydrogens is 362 g/mol. The van der Waals surface area contributed by atoms with Gasteiger partial charge in [-0.15, -0.1) is 0 Å². The minimum absolute atomic E-state index is 0.0124. The van der Waals surface area contributed by atoms with E-state index in [1.165, 1.54) is 12.1 Å². The molecule has 136 valence electrons. The van der Waals surface area contributed by atoms with E-state index in [1.54, 1.807) is 43.3 Å². The normalized spacial score (nSPS) is 10.1. The molecule has 0 aliphatic heterocycles. The highest BCUT2D eigenvalue weighted by Crippen LogP contribution is 2.27. The molecule has 0 atom stereocenters. The highest BCUT2D eigenvalue weighted by atomic mass is 35.5. The van der Waals surface area contributed by atoms with Crippen molar-refractivity contribution in [2.75, 3.05) is 30.9 Å². The number of ether oxygens (including phenoxy) is 1. The van der Waals surface area contributed by atoms with Crippen molar-refractivity contribution in [3.05, 3.63) is 63.2 Å². The zero-order valence-electron chi connectivity index (χ0n) is 14.1. The van der Waals surface area contributed by atoms with Crippen molar-refractivity contribution in [1.82, 2.24) is 0 Å². The number of amides is 1. The Morgan fingerprint density at radius 1 is 1.19 bits per heavy atom. The summed E-state index contributed by atoms with van der Waals surface area (Å²) in [5.74, 6) is -1.37. The van der Waals surface area contributed by atoms with Gasteiger partial charge in [-0.25, -0.2) is 4.79 Å². The molecule has 8 nitrogen and oxygen atoms in total. The fourth-order valence-corrected chi connectivity index (χ4v) is 2.25. The van der Waals surface area contributed by atoms with Crippen LogP contribution in [0.4, 0.5) is 17.1 Å². The van der Waals surface area contributed by atoms with E-state index in [2.05, 4.69) is 5.32 Å². The van der Waals surface area contributed by atoms with Gasteiger partial charge < -0.3 is 15.0 Å². The van der Waals surface area contributed by atoms with E-state index in [1.807, 2.05) is 0 Å². The molecule has 0 bridgehead atoms. The summed E-state index contributed by atoms with van der Waals surface area (Å²) in [7, 11) is 3.31. The van der Waals surface area contributed by atoms with Gasteiger partial charge in [0.2, 0.25) is 0 Å². The van der Waals surface area contributed by atoms with E-state index in [4.69, 9.17) is 16.3 Å². The van der Waals surface area contributed by atoms with Gasteiger partial charge in [-0.3, -0.25) is 14.9 Å². The lowest BCUT2D eigenvalue weighted by Gasteiger charge is -2.13. The Hall–Kier alpha value is -3.13. The number of nitro benzene ring substituents is 1. The molecule has 0 fully saturated rings. The number of nitrogens with one attached hydrogen (secondary N) is 1. The fourth-order valence-electron chi connectivity index (χ4n) is 2.12. The highest BCUT2D eigenvalue weighted by Gasteiger charge is 2.20. The lowest BCUT2D eigenvalue weighted by atomic mass is 10.1. The summed E-state index contributed by atoms with van der Waals surface area (Å²) in [6, 6.07) is 10.4.